The van der Waals surface area contributed by atoms with Crippen LogP contribution in [-0.2, 0) is 0 Å². The lowest BCUT2D eigenvalue weighted by atomic mass is 10.1. The Morgan fingerprint density at radius 3 is 2.81 bits per heavy atom. The molecule has 0 aliphatic carbocycles. The molecule has 2 aromatic rings. The van der Waals surface area contributed by atoms with Crippen LogP contribution >= 0.6 is 27.3 Å². The van der Waals surface area contributed by atoms with Crippen molar-refractivity contribution in [1.29, 1.82) is 0 Å². The van der Waals surface area contributed by atoms with E-state index in [4.69, 9.17) is 5.73 Å². The first kappa shape index (κ1) is 11.3. The summed E-state index contributed by atoms with van der Waals surface area (Å²) in [4.78, 5) is 16.2. The second-order valence-corrected chi connectivity index (χ2v) is 5.24. The van der Waals surface area contributed by atoms with Crippen LogP contribution in [0.15, 0.2) is 28.1 Å². The van der Waals surface area contributed by atoms with Crippen molar-refractivity contribution in [2.75, 3.05) is 5.73 Å². The number of rotatable bonds is 2. The molecule has 0 fully saturated rings. The number of benzene rings is 1. The molecule has 82 valence electrons. The Hall–Kier alpha value is -1.20. The third kappa shape index (κ3) is 2.15. The minimum Gasteiger partial charge on any atom is -0.399 e. The molecule has 0 aliphatic rings. The number of ketones is 1. The number of nitrogen functional groups attached to an aromatic ring is 1. The van der Waals surface area contributed by atoms with Gasteiger partial charge >= 0.3 is 0 Å². The summed E-state index contributed by atoms with van der Waals surface area (Å²) in [7, 11) is 0. The predicted octanol–water partition coefficient (Wildman–Crippen LogP) is 3.03. The number of hydrogen-bond acceptors (Lipinski definition) is 4. The highest BCUT2D eigenvalue weighted by atomic mass is 79.9. The van der Waals surface area contributed by atoms with E-state index in [-0.39, 0.29) is 5.78 Å². The number of aromatic nitrogens is 1. The van der Waals surface area contributed by atoms with E-state index in [1.807, 2.05) is 6.92 Å². The van der Waals surface area contributed by atoms with E-state index in [9.17, 15) is 4.79 Å². The fourth-order valence-corrected chi connectivity index (χ4v) is 2.49. The lowest BCUT2D eigenvalue weighted by molar-refractivity contribution is 0.103. The van der Waals surface area contributed by atoms with Gasteiger partial charge in [-0.2, -0.15) is 0 Å². The maximum absolute atomic E-state index is 12.1. The summed E-state index contributed by atoms with van der Waals surface area (Å²) in [5.41, 5.74) is 7.30. The van der Waals surface area contributed by atoms with Crippen LogP contribution in [0.25, 0.3) is 0 Å². The maximum atomic E-state index is 12.1. The summed E-state index contributed by atoms with van der Waals surface area (Å²) in [5, 5.41) is 2.65. The van der Waals surface area contributed by atoms with Crippen LogP contribution in [0.1, 0.15) is 21.1 Å². The van der Waals surface area contributed by atoms with Gasteiger partial charge in [0.1, 0.15) is 5.69 Å². The number of thiazole rings is 1. The molecule has 1 aromatic carbocycles. The highest BCUT2D eigenvalue weighted by Gasteiger charge is 2.15. The first-order valence-electron chi connectivity index (χ1n) is 4.60. The first-order chi connectivity index (χ1) is 7.58. The van der Waals surface area contributed by atoms with Crippen molar-refractivity contribution in [2.24, 2.45) is 0 Å². The number of carbonyl (C=O) groups excluding carboxylic acids is 1. The Morgan fingerprint density at radius 2 is 2.25 bits per heavy atom. The van der Waals surface area contributed by atoms with Crippen LogP contribution in [0.4, 0.5) is 5.69 Å². The number of nitrogens with zero attached hydrogens (tertiary/aromatic N) is 1. The van der Waals surface area contributed by atoms with Gasteiger partial charge in [-0.25, -0.2) is 4.98 Å². The summed E-state index contributed by atoms with van der Waals surface area (Å²) >= 11 is 4.79. The standard InChI is InChI=1S/C11H9BrN2OS/c1-6-14-10(5-16-6)11(15)8-3-2-7(13)4-9(8)12/h2-5H,13H2,1H3. The van der Waals surface area contributed by atoms with E-state index >= 15 is 0 Å². The van der Waals surface area contributed by atoms with Crippen LogP contribution in [0.5, 0.6) is 0 Å². The number of anilines is 1. The predicted molar refractivity (Wildman–Crippen MR) is 68.8 cm³/mol. The lowest BCUT2D eigenvalue weighted by Gasteiger charge is -2.02. The van der Waals surface area contributed by atoms with Gasteiger partial charge in [-0.1, -0.05) is 0 Å². The van der Waals surface area contributed by atoms with Crippen molar-refractivity contribution in [3.63, 3.8) is 0 Å². The van der Waals surface area contributed by atoms with Crippen molar-refractivity contribution in [1.82, 2.24) is 4.98 Å². The van der Waals surface area contributed by atoms with Crippen molar-refractivity contribution in [3.05, 3.63) is 44.3 Å². The quantitative estimate of drug-likeness (QED) is 0.684. The molecule has 1 aromatic heterocycles. The second-order valence-electron chi connectivity index (χ2n) is 3.32. The molecule has 0 bridgehead atoms. The summed E-state index contributed by atoms with van der Waals surface area (Å²) in [6.45, 7) is 1.87. The molecule has 5 heteroatoms. The minimum atomic E-state index is -0.0868. The van der Waals surface area contributed by atoms with Crippen LogP contribution < -0.4 is 5.73 Å². The topological polar surface area (TPSA) is 56.0 Å². The highest BCUT2D eigenvalue weighted by Crippen LogP contribution is 2.23. The van der Waals surface area contributed by atoms with E-state index in [2.05, 4.69) is 20.9 Å². The van der Waals surface area contributed by atoms with Gasteiger partial charge in [-0.3, -0.25) is 4.79 Å². The number of nitrogens with two attached hydrogens (primary N) is 1. The smallest absolute Gasteiger partial charge is 0.213 e. The third-order valence-corrected chi connectivity index (χ3v) is 3.52. The van der Waals surface area contributed by atoms with E-state index in [1.165, 1.54) is 11.3 Å². The van der Waals surface area contributed by atoms with Gasteiger partial charge in [0, 0.05) is 21.1 Å². The molecular weight excluding hydrogens is 288 g/mol. The van der Waals surface area contributed by atoms with Gasteiger partial charge in [0.15, 0.2) is 0 Å². The molecule has 2 N–H and O–H groups in total. The molecular formula is C11H9BrN2OS. The highest BCUT2D eigenvalue weighted by molar-refractivity contribution is 9.10. The summed E-state index contributed by atoms with van der Waals surface area (Å²) in [5.74, 6) is -0.0868. The fraction of sp³-hybridized carbons (Fsp3) is 0.0909. The second kappa shape index (κ2) is 4.35. The molecule has 0 radical (unpaired) electrons. The normalized spacial score (nSPS) is 10.4. The average molecular weight is 297 g/mol. The van der Waals surface area contributed by atoms with Gasteiger partial charge in [-0.15, -0.1) is 11.3 Å². The molecule has 0 saturated heterocycles. The van der Waals surface area contributed by atoms with Crippen LogP contribution in [-0.4, -0.2) is 10.8 Å². The molecule has 1 heterocycles. The Balaban J connectivity index is 2.41. The number of hydrogen-bond donors (Lipinski definition) is 1. The lowest BCUT2D eigenvalue weighted by Crippen LogP contribution is -2.03. The van der Waals surface area contributed by atoms with Gasteiger partial charge in [0.25, 0.3) is 0 Å². The maximum Gasteiger partial charge on any atom is 0.213 e. The molecule has 2 rings (SSSR count). The van der Waals surface area contributed by atoms with Crippen LogP contribution in [0.3, 0.4) is 0 Å². The number of aryl methyl sites for hydroxylation is 1. The minimum absolute atomic E-state index is 0.0868. The third-order valence-electron chi connectivity index (χ3n) is 2.09. The monoisotopic (exact) mass is 296 g/mol. The van der Waals surface area contributed by atoms with Crippen molar-refractivity contribution >= 4 is 38.7 Å². The Kier molecular flexibility index (Phi) is 3.07. The number of carbonyl (C=O) groups is 1. The number of halogens is 1. The molecule has 0 atom stereocenters. The largest absolute Gasteiger partial charge is 0.399 e. The molecule has 0 amide bonds. The molecule has 16 heavy (non-hydrogen) atoms. The zero-order chi connectivity index (χ0) is 11.7. The fourth-order valence-electron chi connectivity index (χ4n) is 1.32. The van der Waals surface area contributed by atoms with Crippen molar-refractivity contribution in [2.45, 2.75) is 6.92 Å². The van der Waals surface area contributed by atoms with Crippen molar-refractivity contribution in [3.8, 4) is 0 Å². The molecule has 3 nitrogen and oxygen atoms in total. The Labute approximate surface area is 105 Å². The van der Waals surface area contributed by atoms with Crippen molar-refractivity contribution < 1.29 is 4.79 Å². The van der Waals surface area contributed by atoms with E-state index in [1.54, 1.807) is 23.6 Å². The van der Waals surface area contributed by atoms with Gasteiger partial charge < -0.3 is 5.73 Å². The SMILES string of the molecule is Cc1nc(C(=O)c2ccc(N)cc2Br)cs1. The average Bonchev–Trinajstić information content (AvgIpc) is 2.64. The van der Waals surface area contributed by atoms with E-state index in [0.29, 0.717) is 21.4 Å². The Morgan fingerprint density at radius 1 is 1.50 bits per heavy atom. The van der Waals surface area contributed by atoms with Gasteiger partial charge in [-0.05, 0) is 41.1 Å². The molecule has 0 saturated carbocycles. The van der Waals surface area contributed by atoms with E-state index in [0.717, 1.165) is 5.01 Å². The zero-order valence-corrected chi connectivity index (χ0v) is 10.9. The summed E-state index contributed by atoms with van der Waals surface area (Å²) < 4.78 is 0.697. The first-order valence-corrected chi connectivity index (χ1v) is 6.27. The summed E-state index contributed by atoms with van der Waals surface area (Å²) in [6, 6.07) is 5.13. The van der Waals surface area contributed by atoms with Crippen LogP contribution in [0.2, 0.25) is 0 Å². The zero-order valence-electron chi connectivity index (χ0n) is 8.53. The van der Waals surface area contributed by atoms with Crippen LogP contribution in [0, 0.1) is 6.92 Å². The molecule has 0 spiro atoms. The molecule has 0 unspecified atom stereocenters. The summed E-state index contributed by atoms with van der Waals surface area (Å²) in [6.07, 6.45) is 0. The Bertz CT molecular complexity index is 551. The molecule has 0 aliphatic heterocycles. The van der Waals surface area contributed by atoms with E-state index < -0.39 is 0 Å². The van der Waals surface area contributed by atoms with Gasteiger partial charge in [0.2, 0.25) is 5.78 Å². The van der Waals surface area contributed by atoms with Gasteiger partial charge in [0.05, 0.1) is 5.01 Å².